The van der Waals surface area contributed by atoms with Gasteiger partial charge in [0.25, 0.3) is 5.91 Å². The Balaban J connectivity index is 2.14. The number of hydrogen-bond acceptors (Lipinski definition) is 5. The normalized spacial score (nSPS) is 14.5. The molecular formula is C23H35N3O4. The Morgan fingerprint density at radius 1 is 1.17 bits per heavy atom. The fraction of sp³-hybridized carbons (Fsp3) is 0.609. The molecule has 1 heterocycles. The topological polar surface area (TPSA) is 87.7 Å². The van der Waals surface area contributed by atoms with Crippen molar-refractivity contribution in [2.75, 3.05) is 36.5 Å². The largest absolute Gasteiger partial charge is 0.466 e. The summed E-state index contributed by atoms with van der Waals surface area (Å²) in [5.41, 5.74) is 2.01. The molecular weight excluding hydrogens is 382 g/mol. The number of amides is 2. The number of ether oxygens (including phenoxy) is 1. The van der Waals surface area contributed by atoms with Gasteiger partial charge in [0.15, 0.2) is 0 Å². The van der Waals surface area contributed by atoms with Gasteiger partial charge >= 0.3 is 5.97 Å². The zero-order valence-corrected chi connectivity index (χ0v) is 18.6. The molecule has 0 aromatic heterocycles. The third kappa shape index (κ3) is 7.35. The summed E-state index contributed by atoms with van der Waals surface area (Å²) in [6.45, 7) is 10.8. The number of anilines is 2. The number of hydrogen-bond donors (Lipinski definition) is 2. The molecule has 2 rings (SSSR count). The van der Waals surface area contributed by atoms with E-state index in [4.69, 9.17) is 4.74 Å². The van der Waals surface area contributed by atoms with Crippen LogP contribution < -0.4 is 15.5 Å². The molecule has 166 valence electrons. The molecule has 7 nitrogen and oxygen atoms in total. The van der Waals surface area contributed by atoms with Gasteiger partial charge < -0.3 is 20.3 Å². The summed E-state index contributed by atoms with van der Waals surface area (Å²) in [6, 6.07) is 5.45. The third-order valence-corrected chi connectivity index (χ3v) is 5.18. The lowest BCUT2D eigenvalue weighted by Gasteiger charge is -2.33. The molecule has 1 aromatic carbocycles. The molecule has 1 aliphatic heterocycles. The van der Waals surface area contributed by atoms with E-state index in [9.17, 15) is 14.4 Å². The number of nitrogens with zero attached hydrogens (tertiary/aromatic N) is 1. The Morgan fingerprint density at radius 3 is 2.50 bits per heavy atom. The number of esters is 1. The Kier molecular flexibility index (Phi) is 9.15. The Hall–Kier alpha value is -2.57. The van der Waals surface area contributed by atoms with Gasteiger partial charge in [-0.2, -0.15) is 0 Å². The van der Waals surface area contributed by atoms with Crippen molar-refractivity contribution in [3.8, 4) is 0 Å². The van der Waals surface area contributed by atoms with Crippen molar-refractivity contribution in [1.29, 1.82) is 0 Å². The molecule has 0 saturated carbocycles. The number of carbonyl (C=O) groups excluding carboxylic acids is 3. The first kappa shape index (κ1) is 23.7. The number of benzene rings is 1. The van der Waals surface area contributed by atoms with E-state index in [0.717, 1.165) is 31.6 Å². The molecule has 7 heteroatoms. The quantitative estimate of drug-likeness (QED) is 0.600. The summed E-state index contributed by atoms with van der Waals surface area (Å²) in [4.78, 5) is 38.8. The molecule has 1 aromatic rings. The van der Waals surface area contributed by atoms with Crippen LogP contribution in [0.4, 0.5) is 11.4 Å². The Bertz CT molecular complexity index is 740. The fourth-order valence-electron chi connectivity index (χ4n) is 3.39. The zero-order chi connectivity index (χ0) is 22.1. The first-order valence-electron chi connectivity index (χ1n) is 10.9. The second-order valence-corrected chi connectivity index (χ2v) is 8.36. The lowest BCUT2D eigenvalue weighted by Crippen LogP contribution is -2.35. The van der Waals surface area contributed by atoms with E-state index in [2.05, 4.69) is 22.5 Å². The van der Waals surface area contributed by atoms with Crippen molar-refractivity contribution >= 4 is 29.2 Å². The molecule has 0 aliphatic carbocycles. The molecule has 2 amide bonds. The summed E-state index contributed by atoms with van der Waals surface area (Å²) in [6.07, 6.45) is 2.27. The molecule has 0 spiro atoms. The van der Waals surface area contributed by atoms with E-state index in [1.54, 1.807) is 13.0 Å². The standard InChI is InChI=1S/C23H35N3O4/c1-5-30-22(28)9-8-21(27)25-18-6-7-20(26-12-10-17(4)11-13-26)19(14-18)23(29)24-15-16(2)3/h6-7,14,16-17H,5,8-13,15H2,1-4H3,(H,24,29)(H,25,27). The number of piperidine rings is 1. The van der Waals surface area contributed by atoms with Crippen molar-refractivity contribution in [2.24, 2.45) is 11.8 Å². The van der Waals surface area contributed by atoms with Crippen molar-refractivity contribution in [1.82, 2.24) is 5.32 Å². The summed E-state index contributed by atoms with van der Waals surface area (Å²) in [5, 5.41) is 5.77. The van der Waals surface area contributed by atoms with Crippen LogP contribution in [0.2, 0.25) is 0 Å². The van der Waals surface area contributed by atoms with Gasteiger partial charge in [-0.05, 0) is 49.8 Å². The highest BCUT2D eigenvalue weighted by Gasteiger charge is 2.22. The minimum Gasteiger partial charge on any atom is -0.466 e. The monoisotopic (exact) mass is 417 g/mol. The predicted octanol–water partition coefficient (Wildman–Crippen LogP) is 3.59. The van der Waals surface area contributed by atoms with Gasteiger partial charge in [0.05, 0.1) is 18.6 Å². The smallest absolute Gasteiger partial charge is 0.306 e. The van der Waals surface area contributed by atoms with E-state index in [-0.39, 0.29) is 24.7 Å². The number of rotatable bonds is 9. The molecule has 0 bridgehead atoms. The maximum absolute atomic E-state index is 12.9. The van der Waals surface area contributed by atoms with Crippen LogP contribution in [-0.4, -0.2) is 44.0 Å². The van der Waals surface area contributed by atoms with Gasteiger partial charge in [0.2, 0.25) is 5.91 Å². The maximum Gasteiger partial charge on any atom is 0.306 e. The molecule has 1 aliphatic rings. The fourth-order valence-corrected chi connectivity index (χ4v) is 3.39. The Labute approximate surface area is 179 Å². The van der Waals surface area contributed by atoms with Crippen LogP contribution in [0.25, 0.3) is 0 Å². The SMILES string of the molecule is CCOC(=O)CCC(=O)Nc1ccc(N2CCC(C)CC2)c(C(=O)NCC(C)C)c1. The minimum atomic E-state index is -0.393. The van der Waals surface area contributed by atoms with E-state index < -0.39 is 5.97 Å². The highest BCUT2D eigenvalue weighted by Crippen LogP contribution is 2.29. The van der Waals surface area contributed by atoms with Crippen molar-refractivity contribution in [3.63, 3.8) is 0 Å². The van der Waals surface area contributed by atoms with Crippen LogP contribution in [0.3, 0.4) is 0 Å². The predicted molar refractivity (Wildman–Crippen MR) is 119 cm³/mol. The number of nitrogens with one attached hydrogen (secondary N) is 2. The summed E-state index contributed by atoms with van der Waals surface area (Å²) in [7, 11) is 0. The van der Waals surface area contributed by atoms with Crippen LogP contribution in [0.5, 0.6) is 0 Å². The highest BCUT2D eigenvalue weighted by atomic mass is 16.5. The molecule has 30 heavy (non-hydrogen) atoms. The average Bonchev–Trinajstić information content (AvgIpc) is 2.71. The van der Waals surface area contributed by atoms with E-state index >= 15 is 0 Å². The summed E-state index contributed by atoms with van der Waals surface area (Å²) < 4.78 is 4.85. The molecule has 0 unspecified atom stereocenters. The number of carbonyl (C=O) groups is 3. The lowest BCUT2D eigenvalue weighted by molar-refractivity contribution is -0.144. The van der Waals surface area contributed by atoms with Crippen LogP contribution in [-0.2, 0) is 14.3 Å². The second kappa shape index (κ2) is 11.6. The van der Waals surface area contributed by atoms with Crippen LogP contribution >= 0.6 is 0 Å². The minimum absolute atomic E-state index is 0.0332. The second-order valence-electron chi connectivity index (χ2n) is 8.36. The molecule has 0 radical (unpaired) electrons. The third-order valence-electron chi connectivity index (χ3n) is 5.18. The average molecular weight is 418 g/mol. The van der Waals surface area contributed by atoms with Crippen molar-refractivity contribution < 1.29 is 19.1 Å². The zero-order valence-electron chi connectivity index (χ0n) is 18.6. The highest BCUT2D eigenvalue weighted by molar-refractivity contribution is 6.02. The van der Waals surface area contributed by atoms with Gasteiger partial charge in [-0.15, -0.1) is 0 Å². The van der Waals surface area contributed by atoms with Crippen molar-refractivity contribution in [2.45, 2.75) is 53.4 Å². The summed E-state index contributed by atoms with van der Waals surface area (Å²) >= 11 is 0. The van der Waals surface area contributed by atoms with Crippen LogP contribution in [0.1, 0.15) is 63.7 Å². The van der Waals surface area contributed by atoms with E-state index in [1.165, 1.54) is 0 Å². The Morgan fingerprint density at radius 2 is 1.87 bits per heavy atom. The molecule has 0 atom stereocenters. The maximum atomic E-state index is 12.9. The van der Waals surface area contributed by atoms with Gasteiger partial charge in [0, 0.05) is 37.4 Å². The van der Waals surface area contributed by atoms with Gasteiger partial charge in [-0.3, -0.25) is 14.4 Å². The van der Waals surface area contributed by atoms with Gasteiger partial charge in [-0.25, -0.2) is 0 Å². The van der Waals surface area contributed by atoms with Crippen molar-refractivity contribution in [3.05, 3.63) is 23.8 Å². The first-order valence-corrected chi connectivity index (χ1v) is 10.9. The van der Waals surface area contributed by atoms with Gasteiger partial charge in [-0.1, -0.05) is 20.8 Å². The van der Waals surface area contributed by atoms with E-state index in [1.807, 2.05) is 26.0 Å². The molecule has 1 saturated heterocycles. The first-order chi connectivity index (χ1) is 14.3. The van der Waals surface area contributed by atoms with Gasteiger partial charge in [0.1, 0.15) is 0 Å². The molecule has 1 fully saturated rings. The lowest BCUT2D eigenvalue weighted by atomic mass is 9.97. The summed E-state index contributed by atoms with van der Waals surface area (Å²) in [5.74, 6) is 0.226. The van der Waals surface area contributed by atoms with E-state index in [0.29, 0.717) is 36.2 Å². The molecule has 2 N–H and O–H groups in total. The van der Waals surface area contributed by atoms with Crippen LogP contribution in [0, 0.1) is 11.8 Å². The van der Waals surface area contributed by atoms with Crippen LogP contribution in [0.15, 0.2) is 18.2 Å².